The Labute approximate surface area is 102 Å². The number of nitrogens with one attached hydrogen (secondary N) is 2. The Morgan fingerprint density at radius 1 is 1.65 bits per heavy atom. The zero-order chi connectivity index (χ0) is 12.3. The Morgan fingerprint density at radius 2 is 2.47 bits per heavy atom. The first-order valence-electron chi connectivity index (χ1n) is 5.21. The van der Waals surface area contributed by atoms with Crippen LogP contribution in [-0.4, -0.2) is 21.1 Å². The molecule has 2 heterocycles. The summed E-state index contributed by atoms with van der Waals surface area (Å²) in [5.41, 5.74) is 7.16. The number of nitrogen functional groups attached to an aromatic ring is 1. The Morgan fingerprint density at radius 3 is 3.12 bits per heavy atom. The first-order valence-corrected chi connectivity index (χ1v) is 6.09. The maximum absolute atomic E-state index is 11.7. The van der Waals surface area contributed by atoms with E-state index in [0.717, 1.165) is 12.0 Å². The molecule has 0 fully saturated rings. The quantitative estimate of drug-likeness (QED) is 0.760. The summed E-state index contributed by atoms with van der Waals surface area (Å²) >= 11 is 1.33. The fraction of sp³-hybridized carbons (Fsp3) is 0.300. The summed E-state index contributed by atoms with van der Waals surface area (Å²) in [5.74, 6) is 0.523. The second kappa shape index (κ2) is 4.96. The first kappa shape index (κ1) is 11.6. The molecule has 0 radical (unpaired) electrons. The molecule has 7 heteroatoms. The van der Waals surface area contributed by atoms with Crippen LogP contribution in [0.2, 0.25) is 0 Å². The molecule has 90 valence electrons. The van der Waals surface area contributed by atoms with Gasteiger partial charge in [-0.1, -0.05) is 6.92 Å². The van der Waals surface area contributed by atoms with E-state index < -0.39 is 0 Å². The van der Waals surface area contributed by atoms with Gasteiger partial charge in [-0.3, -0.25) is 9.89 Å². The highest BCUT2D eigenvalue weighted by Gasteiger charge is 2.10. The molecule has 17 heavy (non-hydrogen) atoms. The molecule has 0 aliphatic carbocycles. The SMILES string of the molecule is CCc1cn[nH]c1NC(=O)Cc1csc(N)n1. The van der Waals surface area contributed by atoms with Crippen molar-refractivity contribution in [3.8, 4) is 0 Å². The van der Waals surface area contributed by atoms with Gasteiger partial charge in [0, 0.05) is 10.9 Å². The van der Waals surface area contributed by atoms with Crippen LogP contribution in [0.4, 0.5) is 10.9 Å². The molecule has 2 aromatic heterocycles. The number of anilines is 2. The van der Waals surface area contributed by atoms with Gasteiger partial charge in [-0.25, -0.2) is 4.98 Å². The number of hydrogen-bond donors (Lipinski definition) is 3. The average molecular weight is 251 g/mol. The summed E-state index contributed by atoms with van der Waals surface area (Å²) in [6.07, 6.45) is 2.74. The molecule has 6 nitrogen and oxygen atoms in total. The molecule has 2 rings (SSSR count). The fourth-order valence-corrected chi connectivity index (χ4v) is 2.00. The number of carbonyl (C=O) groups excluding carboxylic acids is 1. The van der Waals surface area contributed by atoms with Crippen molar-refractivity contribution >= 4 is 28.2 Å². The second-order valence-corrected chi connectivity index (χ2v) is 4.42. The van der Waals surface area contributed by atoms with Crippen molar-refractivity contribution in [1.82, 2.24) is 15.2 Å². The van der Waals surface area contributed by atoms with Gasteiger partial charge < -0.3 is 11.1 Å². The Balaban J connectivity index is 1.98. The highest BCUT2D eigenvalue weighted by Crippen LogP contribution is 2.14. The van der Waals surface area contributed by atoms with Gasteiger partial charge in [-0.2, -0.15) is 5.10 Å². The third kappa shape index (κ3) is 2.82. The van der Waals surface area contributed by atoms with Crippen LogP contribution in [0, 0.1) is 0 Å². The summed E-state index contributed by atoms with van der Waals surface area (Å²) in [5, 5.41) is 11.7. The predicted octanol–water partition coefficient (Wildman–Crippen LogP) is 1.19. The number of carbonyl (C=O) groups is 1. The van der Waals surface area contributed by atoms with Gasteiger partial charge in [0.05, 0.1) is 18.3 Å². The van der Waals surface area contributed by atoms with Crippen LogP contribution in [0.1, 0.15) is 18.2 Å². The third-order valence-electron chi connectivity index (χ3n) is 2.27. The molecule has 4 N–H and O–H groups in total. The molecule has 2 aromatic rings. The number of hydrogen-bond acceptors (Lipinski definition) is 5. The van der Waals surface area contributed by atoms with Crippen LogP contribution in [0.3, 0.4) is 0 Å². The molecular formula is C10H13N5OS. The minimum atomic E-state index is -0.130. The number of thiazole rings is 1. The monoisotopic (exact) mass is 251 g/mol. The minimum absolute atomic E-state index is 0.130. The minimum Gasteiger partial charge on any atom is -0.375 e. The lowest BCUT2D eigenvalue weighted by Gasteiger charge is -2.02. The van der Waals surface area contributed by atoms with Crippen molar-refractivity contribution in [3.63, 3.8) is 0 Å². The third-order valence-corrected chi connectivity index (χ3v) is 3.00. The predicted molar refractivity (Wildman–Crippen MR) is 66.8 cm³/mol. The molecule has 0 bridgehead atoms. The van der Waals surface area contributed by atoms with E-state index in [2.05, 4.69) is 20.5 Å². The molecule has 0 spiro atoms. The highest BCUT2D eigenvalue weighted by atomic mass is 32.1. The van der Waals surface area contributed by atoms with Crippen molar-refractivity contribution in [2.24, 2.45) is 0 Å². The lowest BCUT2D eigenvalue weighted by molar-refractivity contribution is -0.115. The van der Waals surface area contributed by atoms with Crippen LogP contribution in [0.25, 0.3) is 0 Å². The average Bonchev–Trinajstić information content (AvgIpc) is 2.87. The first-order chi connectivity index (χ1) is 8.19. The molecular weight excluding hydrogens is 238 g/mol. The molecule has 0 saturated carbocycles. The van der Waals surface area contributed by atoms with E-state index >= 15 is 0 Å². The molecule has 1 amide bonds. The number of nitrogens with two attached hydrogens (primary N) is 1. The van der Waals surface area contributed by atoms with E-state index in [9.17, 15) is 4.79 Å². The number of rotatable bonds is 4. The molecule has 0 aliphatic heterocycles. The van der Waals surface area contributed by atoms with Gasteiger partial charge in [-0.05, 0) is 6.42 Å². The fourth-order valence-electron chi connectivity index (χ4n) is 1.44. The molecule has 0 aliphatic rings. The maximum atomic E-state index is 11.7. The largest absolute Gasteiger partial charge is 0.375 e. The zero-order valence-corrected chi connectivity index (χ0v) is 10.2. The van der Waals surface area contributed by atoms with Gasteiger partial charge in [0.1, 0.15) is 5.82 Å². The van der Waals surface area contributed by atoms with Gasteiger partial charge in [-0.15, -0.1) is 11.3 Å². The highest BCUT2D eigenvalue weighted by molar-refractivity contribution is 7.13. The van der Waals surface area contributed by atoms with E-state index in [1.54, 1.807) is 11.6 Å². The summed E-state index contributed by atoms with van der Waals surface area (Å²) < 4.78 is 0. The summed E-state index contributed by atoms with van der Waals surface area (Å²) in [6.45, 7) is 2.00. The van der Waals surface area contributed by atoms with E-state index in [4.69, 9.17) is 5.73 Å². The molecule has 0 aromatic carbocycles. The van der Waals surface area contributed by atoms with Crippen LogP contribution < -0.4 is 11.1 Å². The van der Waals surface area contributed by atoms with Gasteiger partial charge in [0.2, 0.25) is 5.91 Å². The lowest BCUT2D eigenvalue weighted by Crippen LogP contribution is -2.15. The number of nitrogens with zero attached hydrogens (tertiary/aromatic N) is 2. The van der Waals surface area contributed by atoms with Crippen molar-refractivity contribution in [3.05, 3.63) is 22.8 Å². The topological polar surface area (TPSA) is 96.7 Å². The number of aryl methyl sites for hydroxylation is 1. The van der Waals surface area contributed by atoms with E-state index in [0.29, 0.717) is 16.6 Å². The molecule has 0 unspecified atom stereocenters. The van der Waals surface area contributed by atoms with Crippen LogP contribution >= 0.6 is 11.3 Å². The normalized spacial score (nSPS) is 10.4. The number of H-pyrrole nitrogens is 1. The van der Waals surface area contributed by atoms with Crippen molar-refractivity contribution < 1.29 is 4.79 Å². The van der Waals surface area contributed by atoms with Gasteiger partial charge >= 0.3 is 0 Å². The molecule has 0 saturated heterocycles. The van der Waals surface area contributed by atoms with Crippen LogP contribution in [-0.2, 0) is 17.6 Å². The Bertz CT molecular complexity index is 518. The smallest absolute Gasteiger partial charge is 0.231 e. The second-order valence-electron chi connectivity index (χ2n) is 3.53. The zero-order valence-electron chi connectivity index (χ0n) is 9.36. The maximum Gasteiger partial charge on any atom is 0.231 e. The van der Waals surface area contributed by atoms with Gasteiger partial charge in [0.25, 0.3) is 0 Å². The summed E-state index contributed by atoms with van der Waals surface area (Å²) in [7, 11) is 0. The Hall–Kier alpha value is -1.89. The van der Waals surface area contributed by atoms with Crippen LogP contribution in [0.15, 0.2) is 11.6 Å². The Kier molecular flexibility index (Phi) is 3.38. The summed E-state index contributed by atoms with van der Waals surface area (Å²) in [4.78, 5) is 15.8. The van der Waals surface area contributed by atoms with Crippen molar-refractivity contribution in [1.29, 1.82) is 0 Å². The van der Waals surface area contributed by atoms with E-state index in [-0.39, 0.29) is 12.3 Å². The summed E-state index contributed by atoms with van der Waals surface area (Å²) in [6, 6.07) is 0. The number of aromatic amines is 1. The van der Waals surface area contributed by atoms with Crippen molar-refractivity contribution in [2.75, 3.05) is 11.1 Å². The standard InChI is InChI=1S/C10H13N5OS/c1-2-6-4-12-15-9(6)14-8(16)3-7-5-17-10(11)13-7/h4-5H,2-3H2,1H3,(H2,11,13)(H2,12,14,15,16). The van der Waals surface area contributed by atoms with Gasteiger partial charge in [0.15, 0.2) is 5.13 Å². The van der Waals surface area contributed by atoms with E-state index in [1.807, 2.05) is 6.92 Å². The lowest BCUT2D eigenvalue weighted by atomic mass is 10.2. The van der Waals surface area contributed by atoms with Crippen LogP contribution in [0.5, 0.6) is 0 Å². The number of aromatic nitrogens is 3. The van der Waals surface area contributed by atoms with Crippen molar-refractivity contribution in [2.45, 2.75) is 19.8 Å². The van der Waals surface area contributed by atoms with E-state index in [1.165, 1.54) is 11.3 Å². The molecule has 0 atom stereocenters. The number of amides is 1.